The molecular weight excluding hydrogens is 461 g/mol. The number of fused-ring (bicyclic) bond motifs is 1. The average Bonchev–Trinajstić information content (AvgIpc) is 3.12. The van der Waals surface area contributed by atoms with Crippen molar-refractivity contribution in [3.05, 3.63) is 80.8 Å². The summed E-state index contributed by atoms with van der Waals surface area (Å²) in [4.78, 5) is 37.5. The summed E-state index contributed by atoms with van der Waals surface area (Å²) in [5.41, 5.74) is 2.03. The van der Waals surface area contributed by atoms with Crippen molar-refractivity contribution in [1.82, 2.24) is 0 Å². The lowest BCUT2D eigenvalue weighted by molar-refractivity contribution is -0.118. The van der Waals surface area contributed by atoms with Crippen LogP contribution in [0.5, 0.6) is 5.75 Å². The molecular formula is C25H20FNO6S. The molecule has 2 aromatic carbocycles. The lowest BCUT2D eigenvalue weighted by Crippen LogP contribution is -2.21. The number of aryl methyl sites for hydroxylation is 2. The summed E-state index contributed by atoms with van der Waals surface area (Å²) in [7, 11) is 1.25. The number of rotatable bonds is 6. The van der Waals surface area contributed by atoms with E-state index in [0.29, 0.717) is 27.5 Å². The Bertz CT molecular complexity index is 1460. The highest BCUT2D eigenvalue weighted by atomic mass is 32.1. The molecule has 0 saturated heterocycles. The van der Waals surface area contributed by atoms with Gasteiger partial charge in [-0.1, -0.05) is 12.1 Å². The molecule has 2 aromatic heterocycles. The van der Waals surface area contributed by atoms with Crippen LogP contribution >= 0.6 is 11.3 Å². The maximum absolute atomic E-state index is 13.4. The zero-order chi connectivity index (χ0) is 24.4. The van der Waals surface area contributed by atoms with Gasteiger partial charge in [0.1, 0.15) is 27.7 Å². The van der Waals surface area contributed by atoms with Crippen LogP contribution in [0.15, 0.2) is 57.7 Å². The Morgan fingerprint density at radius 3 is 2.53 bits per heavy atom. The number of hydrogen-bond donors (Lipinski definition) is 1. The number of carbonyl (C=O) groups excluding carboxylic acids is 2. The van der Waals surface area contributed by atoms with Gasteiger partial charge < -0.3 is 19.2 Å². The summed E-state index contributed by atoms with van der Waals surface area (Å²) in [6.45, 7) is 3.26. The summed E-state index contributed by atoms with van der Waals surface area (Å²) in [5, 5.41) is 3.77. The minimum atomic E-state index is -0.625. The number of thiophene rings is 1. The first-order chi connectivity index (χ1) is 16.3. The molecule has 4 rings (SSSR count). The lowest BCUT2D eigenvalue weighted by atomic mass is 10.0. The van der Waals surface area contributed by atoms with Crippen LogP contribution in [0, 0.1) is 19.7 Å². The zero-order valence-electron chi connectivity index (χ0n) is 18.6. The van der Waals surface area contributed by atoms with E-state index < -0.39 is 23.3 Å². The van der Waals surface area contributed by atoms with E-state index in [1.165, 1.54) is 36.6 Å². The van der Waals surface area contributed by atoms with Crippen LogP contribution in [0.4, 0.5) is 9.39 Å². The molecule has 174 valence electrons. The van der Waals surface area contributed by atoms with Crippen molar-refractivity contribution < 1.29 is 27.9 Å². The van der Waals surface area contributed by atoms with Gasteiger partial charge in [-0.25, -0.2) is 14.0 Å². The molecule has 2 heterocycles. The Hall–Kier alpha value is -3.98. The number of carbonyl (C=O) groups is 2. The van der Waals surface area contributed by atoms with Gasteiger partial charge in [0, 0.05) is 28.0 Å². The molecule has 0 unspecified atom stereocenters. The monoisotopic (exact) mass is 481 g/mol. The fourth-order valence-electron chi connectivity index (χ4n) is 3.60. The highest BCUT2D eigenvalue weighted by molar-refractivity contribution is 7.17. The van der Waals surface area contributed by atoms with Crippen molar-refractivity contribution >= 4 is 39.2 Å². The van der Waals surface area contributed by atoms with Gasteiger partial charge in [-0.2, -0.15) is 0 Å². The molecule has 1 amide bonds. The Kier molecular flexibility index (Phi) is 6.47. The van der Waals surface area contributed by atoms with E-state index in [0.717, 1.165) is 15.8 Å². The van der Waals surface area contributed by atoms with E-state index in [4.69, 9.17) is 13.9 Å². The van der Waals surface area contributed by atoms with E-state index in [1.54, 1.807) is 44.2 Å². The van der Waals surface area contributed by atoms with Crippen LogP contribution in [-0.4, -0.2) is 25.6 Å². The molecule has 0 spiro atoms. The number of halogens is 1. The summed E-state index contributed by atoms with van der Waals surface area (Å²) in [6, 6.07) is 12.1. The van der Waals surface area contributed by atoms with Crippen molar-refractivity contribution in [1.29, 1.82) is 0 Å². The van der Waals surface area contributed by atoms with Crippen LogP contribution < -0.4 is 15.7 Å². The molecule has 0 saturated carbocycles. The molecule has 0 aliphatic heterocycles. The maximum atomic E-state index is 13.4. The number of ether oxygens (including phenoxy) is 2. The first-order valence-electron chi connectivity index (χ1n) is 10.2. The fourth-order valence-corrected chi connectivity index (χ4v) is 4.68. The number of hydrogen-bond acceptors (Lipinski definition) is 7. The molecule has 0 atom stereocenters. The van der Waals surface area contributed by atoms with Crippen molar-refractivity contribution in [2.75, 3.05) is 19.0 Å². The Morgan fingerprint density at radius 2 is 1.82 bits per heavy atom. The first kappa shape index (κ1) is 23.2. The van der Waals surface area contributed by atoms with Crippen molar-refractivity contribution in [2.45, 2.75) is 13.8 Å². The number of anilines is 1. The van der Waals surface area contributed by atoms with Gasteiger partial charge in [0.15, 0.2) is 6.61 Å². The molecule has 0 fully saturated rings. The highest BCUT2D eigenvalue weighted by Gasteiger charge is 2.25. The SMILES string of the molecule is COC(=O)c1c(NC(=O)COc2ccc3c(C)cc(=O)oc3c2)sc(C)c1-c1ccc(F)cc1. The maximum Gasteiger partial charge on any atom is 0.341 e. The van der Waals surface area contributed by atoms with Crippen LogP contribution in [0.2, 0.25) is 0 Å². The van der Waals surface area contributed by atoms with Gasteiger partial charge in [0.05, 0.1) is 7.11 Å². The molecule has 0 bridgehead atoms. The van der Waals surface area contributed by atoms with E-state index in [-0.39, 0.29) is 12.2 Å². The molecule has 4 aromatic rings. The summed E-state index contributed by atoms with van der Waals surface area (Å²) < 4.78 is 29.1. The molecule has 0 radical (unpaired) electrons. The number of nitrogens with one attached hydrogen (secondary N) is 1. The van der Waals surface area contributed by atoms with E-state index in [1.807, 2.05) is 0 Å². The predicted octanol–water partition coefficient (Wildman–Crippen LogP) is 5.08. The largest absolute Gasteiger partial charge is 0.484 e. The van der Waals surface area contributed by atoms with Crippen molar-refractivity contribution in [2.24, 2.45) is 0 Å². The number of benzene rings is 2. The van der Waals surface area contributed by atoms with Gasteiger partial charge >= 0.3 is 11.6 Å². The Balaban J connectivity index is 1.55. The normalized spacial score (nSPS) is 10.8. The predicted molar refractivity (Wildman–Crippen MR) is 127 cm³/mol. The molecule has 1 N–H and O–H groups in total. The number of amides is 1. The van der Waals surface area contributed by atoms with Gasteiger partial charge in [-0.15, -0.1) is 11.3 Å². The highest BCUT2D eigenvalue weighted by Crippen LogP contribution is 2.40. The topological polar surface area (TPSA) is 94.8 Å². The molecule has 0 aliphatic carbocycles. The van der Waals surface area contributed by atoms with Crippen LogP contribution in [-0.2, 0) is 9.53 Å². The standard InChI is InChI=1S/C25H20FNO6S/c1-13-10-21(29)33-19-11-17(8-9-18(13)19)32-12-20(28)27-24-23(25(30)31-3)22(14(2)34-24)15-4-6-16(26)7-5-15/h4-11H,12H2,1-3H3,(H,27,28). The third-order valence-electron chi connectivity index (χ3n) is 5.15. The summed E-state index contributed by atoms with van der Waals surface area (Å²) >= 11 is 1.21. The van der Waals surface area contributed by atoms with Gasteiger partial charge in [0.2, 0.25) is 0 Å². The van der Waals surface area contributed by atoms with Crippen LogP contribution in [0.3, 0.4) is 0 Å². The number of esters is 1. The van der Waals surface area contributed by atoms with Crippen LogP contribution in [0.25, 0.3) is 22.1 Å². The minimum Gasteiger partial charge on any atom is -0.484 e. The Labute approximate surface area is 197 Å². The van der Waals surface area contributed by atoms with Gasteiger partial charge in [-0.3, -0.25) is 4.79 Å². The van der Waals surface area contributed by atoms with Crippen molar-refractivity contribution in [3.8, 4) is 16.9 Å². The van der Waals surface area contributed by atoms with E-state index in [2.05, 4.69) is 5.32 Å². The third kappa shape index (κ3) is 4.69. The Morgan fingerprint density at radius 1 is 1.09 bits per heavy atom. The van der Waals surface area contributed by atoms with Crippen molar-refractivity contribution in [3.63, 3.8) is 0 Å². The molecule has 0 aliphatic rings. The quantitative estimate of drug-likeness (QED) is 0.305. The first-order valence-corrected chi connectivity index (χ1v) is 11.0. The molecule has 7 nitrogen and oxygen atoms in total. The fraction of sp³-hybridized carbons (Fsp3) is 0.160. The minimum absolute atomic E-state index is 0.188. The van der Waals surface area contributed by atoms with Gasteiger partial charge in [0.25, 0.3) is 5.91 Å². The number of methoxy groups -OCH3 is 1. The van der Waals surface area contributed by atoms with Crippen LogP contribution in [0.1, 0.15) is 20.8 Å². The second-order valence-electron chi connectivity index (χ2n) is 7.48. The third-order valence-corrected chi connectivity index (χ3v) is 6.17. The molecule has 34 heavy (non-hydrogen) atoms. The van der Waals surface area contributed by atoms with E-state index >= 15 is 0 Å². The summed E-state index contributed by atoms with van der Waals surface area (Å²) in [5.74, 6) is -1.17. The van der Waals surface area contributed by atoms with E-state index in [9.17, 15) is 18.8 Å². The second-order valence-corrected chi connectivity index (χ2v) is 8.70. The molecule has 9 heteroatoms. The average molecular weight is 482 g/mol. The lowest BCUT2D eigenvalue weighted by Gasteiger charge is -2.10. The second kappa shape index (κ2) is 9.48. The zero-order valence-corrected chi connectivity index (χ0v) is 19.4. The summed E-state index contributed by atoms with van der Waals surface area (Å²) in [6.07, 6.45) is 0. The smallest absolute Gasteiger partial charge is 0.341 e. The van der Waals surface area contributed by atoms with Gasteiger partial charge in [-0.05, 0) is 49.2 Å².